The molecule has 6 heteroatoms. The van der Waals surface area contributed by atoms with Crippen LogP contribution in [0.15, 0.2) is 18.2 Å². The average Bonchev–Trinajstić information content (AvgIpc) is 2.77. The minimum absolute atomic E-state index is 0.185. The third kappa shape index (κ3) is 3.79. The molecule has 4 nitrogen and oxygen atoms in total. The topological polar surface area (TPSA) is 46.9 Å². The van der Waals surface area contributed by atoms with E-state index in [2.05, 4.69) is 16.8 Å². The molecular weight excluding hydrogens is 258 g/mol. The maximum absolute atomic E-state index is 13.9. The largest absolute Gasteiger partial charge is 0.488 e. The van der Waals surface area contributed by atoms with Crippen molar-refractivity contribution in [3.05, 3.63) is 29.6 Å². The van der Waals surface area contributed by atoms with Crippen molar-refractivity contribution in [2.75, 3.05) is 27.2 Å². The Balaban J connectivity index is 1.95. The van der Waals surface area contributed by atoms with Crippen molar-refractivity contribution >= 4 is 12.6 Å². The third-order valence-corrected chi connectivity index (χ3v) is 4.01. The van der Waals surface area contributed by atoms with E-state index in [9.17, 15) is 4.39 Å². The van der Waals surface area contributed by atoms with E-state index in [1.54, 1.807) is 12.1 Å². The second-order valence-electron chi connectivity index (χ2n) is 5.70. The molecule has 2 N–H and O–H groups in total. The summed E-state index contributed by atoms with van der Waals surface area (Å²) in [5.41, 5.74) is 0.766. The average molecular weight is 280 g/mol. The Hall–Kier alpha value is -0.945. The first kappa shape index (κ1) is 15.4. The van der Waals surface area contributed by atoms with Crippen molar-refractivity contribution in [1.82, 2.24) is 9.80 Å². The van der Waals surface area contributed by atoms with Gasteiger partial charge in [-0.05, 0) is 45.0 Å². The second kappa shape index (κ2) is 6.67. The van der Waals surface area contributed by atoms with Crippen LogP contribution in [-0.2, 0) is 6.54 Å². The van der Waals surface area contributed by atoms with E-state index in [0.717, 1.165) is 13.1 Å². The lowest BCUT2D eigenvalue weighted by molar-refractivity contribution is 0.214. The number of nitrogens with zero attached hydrogens (tertiary/aromatic N) is 2. The van der Waals surface area contributed by atoms with Gasteiger partial charge in [-0.2, -0.15) is 0 Å². The molecule has 1 unspecified atom stereocenters. The summed E-state index contributed by atoms with van der Waals surface area (Å²) < 4.78 is 13.9. The molecule has 0 radical (unpaired) electrons. The van der Waals surface area contributed by atoms with Crippen molar-refractivity contribution < 1.29 is 14.4 Å². The van der Waals surface area contributed by atoms with Crippen molar-refractivity contribution in [3.63, 3.8) is 0 Å². The van der Waals surface area contributed by atoms with Gasteiger partial charge in [-0.15, -0.1) is 0 Å². The van der Waals surface area contributed by atoms with Crippen molar-refractivity contribution in [1.29, 1.82) is 0 Å². The van der Waals surface area contributed by atoms with E-state index in [0.29, 0.717) is 18.2 Å². The molecule has 0 amide bonds. The molecule has 1 fully saturated rings. The molecule has 0 spiro atoms. The maximum Gasteiger partial charge on any atom is 0.488 e. The Kier molecular flexibility index (Phi) is 5.15. The van der Waals surface area contributed by atoms with Gasteiger partial charge in [0.15, 0.2) is 0 Å². The highest BCUT2D eigenvalue weighted by Crippen LogP contribution is 2.16. The van der Waals surface area contributed by atoms with Crippen molar-refractivity contribution in [2.24, 2.45) is 0 Å². The smallest absolute Gasteiger partial charge is 0.423 e. The molecule has 1 aliphatic heterocycles. The van der Waals surface area contributed by atoms with Crippen LogP contribution in [0.25, 0.3) is 0 Å². The fourth-order valence-electron chi connectivity index (χ4n) is 2.78. The lowest BCUT2D eigenvalue weighted by Crippen LogP contribution is -2.36. The van der Waals surface area contributed by atoms with Gasteiger partial charge in [0.25, 0.3) is 0 Å². The van der Waals surface area contributed by atoms with Crippen LogP contribution >= 0.6 is 0 Å². The lowest BCUT2D eigenvalue weighted by Gasteiger charge is -2.26. The number of hydrogen-bond donors (Lipinski definition) is 2. The van der Waals surface area contributed by atoms with Crippen LogP contribution in [0.1, 0.15) is 18.4 Å². The van der Waals surface area contributed by atoms with Crippen LogP contribution in [-0.4, -0.2) is 60.2 Å². The Morgan fingerprint density at radius 1 is 1.45 bits per heavy atom. The Morgan fingerprint density at radius 2 is 2.20 bits per heavy atom. The fourth-order valence-corrected chi connectivity index (χ4v) is 2.78. The van der Waals surface area contributed by atoms with Crippen LogP contribution in [0.4, 0.5) is 4.39 Å². The lowest BCUT2D eigenvalue weighted by atomic mass is 9.80. The number of hydrogen-bond acceptors (Lipinski definition) is 4. The molecule has 2 rings (SSSR count). The number of halogens is 1. The summed E-state index contributed by atoms with van der Waals surface area (Å²) in [6.07, 6.45) is 2.42. The number of likely N-dealkylation sites (N-methyl/N-ethyl adjacent to an activating group) is 2. The summed E-state index contributed by atoms with van der Waals surface area (Å²) in [4.78, 5) is 4.46. The van der Waals surface area contributed by atoms with Crippen LogP contribution in [0.2, 0.25) is 0 Å². The van der Waals surface area contributed by atoms with Gasteiger partial charge in [0, 0.05) is 24.7 Å². The first-order chi connectivity index (χ1) is 9.47. The zero-order valence-electron chi connectivity index (χ0n) is 12.1. The van der Waals surface area contributed by atoms with Crippen molar-refractivity contribution in [2.45, 2.75) is 25.4 Å². The second-order valence-corrected chi connectivity index (χ2v) is 5.70. The summed E-state index contributed by atoms with van der Waals surface area (Å²) >= 11 is 0. The van der Waals surface area contributed by atoms with E-state index >= 15 is 0 Å². The van der Waals surface area contributed by atoms with Gasteiger partial charge in [-0.3, -0.25) is 0 Å². The molecule has 1 atom stereocenters. The monoisotopic (exact) mass is 280 g/mol. The predicted molar refractivity (Wildman–Crippen MR) is 78.2 cm³/mol. The Bertz CT molecular complexity index is 459. The van der Waals surface area contributed by atoms with Gasteiger partial charge in [0.1, 0.15) is 5.82 Å². The van der Waals surface area contributed by atoms with E-state index in [-0.39, 0.29) is 11.3 Å². The van der Waals surface area contributed by atoms with Gasteiger partial charge in [0.2, 0.25) is 0 Å². The summed E-state index contributed by atoms with van der Waals surface area (Å²) in [5, 5.41) is 18.0. The minimum Gasteiger partial charge on any atom is -0.423 e. The van der Waals surface area contributed by atoms with Crippen LogP contribution in [0.3, 0.4) is 0 Å². The molecule has 20 heavy (non-hydrogen) atoms. The minimum atomic E-state index is -1.62. The zero-order valence-corrected chi connectivity index (χ0v) is 12.1. The van der Waals surface area contributed by atoms with E-state index in [1.165, 1.54) is 18.9 Å². The molecule has 1 aromatic rings. The first-order valence-electron chi connectivity index (χ1n) is 7.00. The summed E-state index contributed by atoms with van der Waals surface area (Å²) in [7, 11) is 2.49. The summed E-state index contributed by atoms with van der Waals surface area (Å²) in [5.74, 6) is -0.387. The van der Waals surface area contributed by atoms with E-state index in [1.807, 2.05) is 7.05 Å². The predicted octanol–water partition coefficient (Wildman–Crippen LogP) is 0.0315. The molecule has 0 saturated carbocycles. The van der Waals surface area contributed by atoms with E-state index < -0.39 is 7.12 Å². The molecule has 110 valence electrons. The highest BCUT2D eigenvalue weighted by atomic mass is 19.1. The van der Waals surface area contributed by atoms with Gasteiger partial charge < -0.3 is 19.8 Å². The van der Waals surface area contributed by atoms with Gasteiger partial charge >= 0.3 is 7.12 Å². The highest BCUT2D eigenvalue weighted by molar-refractivity contribution is 6.58. The zero-order chi connectivity index (χ0) is 14.7. The standard InChI is InChI=1S/C14H22BFN2O2/c1-17(10-13-4-3-7-18(13)2)9-11-5-6-12(15(19)20)8-14(11)16/h5-6,8,13,19-20H,3-4,7,9-10H2,1-2H3. The highest BCUT2D eigenvalue weighted by Gasteiger charge is 2.22. The molecule has 0 bridgehead atoms. The van der Waals surface area contributed by atoms with Crippen LogP contribution in [0, 0.1) is 5.82 Å². The molecule has 1 saturated heterocycles. The van der Waals surface area contributed by atoms with Gasteiger partial charge in [-0.25, -0.2) is 4.39 Å². The first-order valence-corrected chi connectivity index (χ1v) is 7.00. The Labute approximate surface area is 120 Å². The quantitative estimate of drug-likeness (QED) is 0.747. The van der Waals surface area contributed by atoms with Gasteiger partial charge in [-0.1, -0.05) is 12.1 Å². The number of rotatable bonds is 5. The normalized spacial score (nSPS) is 19.8. The molecule has 0 aromatic heterocycles. The van der Waals surface area contributed by atoms with Crippen molar-refractivity contribution in [3.8, 4) is 0 Å². The number of likely N-dealkylation sites (tertiary alicyclic amines) is 1. The molecule has 0 aliphatic carbocycles. The SMILES string of the molecule is CN(Cc1ccc(B(O)O)cc1F)CC1CCCN1C. The summed E-state index contributed by atoms with van der Waals surface area (Å²) in [6.45, 7) is 2.58. The van der Waals surface area contributed by atoms with Crippen LogP contribution in [0.5, 0.6) is 0 Å². The third-order valence-electron chi connectivity index (χ3n) is 4.01. The maximum atomic E-state index is 13.9. The molecular formula is C14H22BFN2O2. The fraction of sp³-hybridized carbons (Fsp3) is 0.571. The molecule has 1 heterocycles. The van der Waals surface area contributed by atoms with Crippen LogP contribution < -0.4 is 5.46 Å². The van der Waals surface area contributed by atoms with E-state index in [4.69, 9.17) is 10.0 Å². The molecule has 1 aliphatic rings. The van der Waals surface area contributed by atoms with Gasteiger partial charge in [0.05, 0.1) is 0 Å². The molecule has 1 aromatic carbocycles. The Morgan fingerprint density at radius 3 is 2.75 bits per heavy atom. The summed E-state index contributed by atoms with van der Waals surface area (Å²) in [6, 6.07) is 4.91. The number of benzene rings is 1.